The van der Waals surface area contributed by atoms with Crippen LogP contribution >= 0.6 is 11.6 Å². The van der Waals surface area contributed by atoms with E-state index in [1.165, 1.54) is 5.01 Å². The summed E-state index contributed by atoms with van der Waals surface area (Å²) in [7, 11) is 0. The fourth-order valence-electron chi connectivity index (χ4n) is 2.95. The number of halogens is 1. The minimum absolute atomic E-state index is 0.0720. The van der Waals surface area contributed by atoms with Gasteiger partial charge in [0.25, 0.3) is 0 Å². The van der Waals surface area contributed by atoms with Gasteiger partial charge in [-0.25, -0.2) is 10.4 Å². The molecule has 2 aliphatic heterocycles. The fourth-order valence-corrected chi connectivity index (χ4v) is 3.08. The Hall–Kier alpha value is -1.85. The van der Waals surface area contributed by atoms with Crippen LogP contribution in [-0.4, -0.2) is 35.3 Å². The van der Waals surface area contributed by atoms with Gasteiger partial charge in [0.2, 0.25) is 11.8 Å². The third kappa shape index (κ3) is 2.04. The number of carbonyl (C=O) groups excluding carboxylic acids is 2. The number of carbonyl (C=O) groups is 2. The Morgan fingerprint density at radius 2 is 2.10 bits per heavy atom. The number of hydrogen-bond donors (Lipinski definition) is 1. The highest BCUT2D eigenvalue weighted by Gasteiger charge is 2.60. The van der Waals surface area contributed by atoms with E-state index in [4.69, 9.17) is 11.6 Å². The summed E-state index contributed by atoms with van der Waals surface area (Å²) in [6.07, 6.45) is 1.67. The number of likely N-dealkylation sites (tertiary alicyclic amines) is 1. The number of fused-ring (bicyclic) bond motifs is 1. The monoisotopic (exact) mass is 305 g/mol. The largest absolute Gasteiger partial charge is 0.336 e. The van der Waals surface area contributed by atoms with Crippen molar-refractivity contribution >= 4 is 29.1 Å². The van der Waals surface area contributed by atoms with E-state index >= 15 is 0 Å². The van der Waals surface area contributed by atoms with Crippen molar-refractivity contribution in [2.24, 2.45) is 5.92 Å². The van der Waals surface area contributed by atoms with Crippen LogP contribution in [0.15, 0.2) is 36.9 Å². The Kier molecular flexibility index (Phi) is 3.26. The molecule has 2 saturated heterocycles. The van der Waals surface area contributed by atoms with E-state index in [0.717, 1.165) is 0 Å². The molecule has 110 valence electrons. The molecule has 21 heavy (non-hydrogen) atoms. The van der Waals surface area contributed by atoms with Gasteiger partial charge in [-0.05, 0) is 31.2 Å². The molecule has 0 aliphatic carbocycles. The Morgan fingerprint density at radius 1 is 1.43 bits per heavy atom. The maximum atomic E-state index is 12.6. The summed E-state index contributed by atoms with van der Waals surface area (Å²) in [5.41, 5.74) is 2.86. The summed E-state index contributed by atoms with van der Waals surface area (Å²) in [5, 5.41) is 2.05. The molecule has 5 nitrogen and oxygen atoms in total. The SMILES string of the molecule is C=CCN1CC2C(=O)N(c3ccc(Cl)cc3)NC2(C)C1=O. The van der Waals surface area contributed by atoms with Crippen molar-refractivity contribution in [3.05, 3.63) is 41.9 Å². The van der Waals surface area contributed by atoms with Gasteiger partial charge in [-0.3, -0.25) is 9.59 Å². The molecule has 0 aromatic heterocycles. The minimum Gasteiger partial charge on any atom is -0.336 e. The molecule has 1 aromatic rings. The van der Waals surface area contributed by atoms with Gasteiger partial charge < -0.3 is 4.90 Å². The number of benzene rings is 1. The van der Waals surface area contributed by atoms with Crippen LogP contribution in [0.4, 0.5) is 5.69 Å². The molecule has 1 N–H and O–H groups in total. The van der Waals surface area contributed by atoms with E-state index < -0.39 is 5.54 Å². The molecule has 2 aliphatic rings. The van der Waals surface area contributed by atoms with Crippen molar-refractivity contribution in [1.29, 1.82) is 0 Å². The van der Waals surface area contributed by atoms with Crippen LogP contribution in [0.5, 0.6) is 0 Å². The van der Waals surface area contributed by atoms with Gasteiger partial charge in [0.1, 0.15) is 5.54 Å². The Labute approximate surface area is 128 Å². The first-order valence-corrected chi connectivity index (χ1v) is 7.13. The van der Waals surface area contributed by atoms with E-state index in [9.17, 15) is 9.59 Å². The molecule has 2 amide bonds. The van der Waals surface area contributed by atoms with Crippen molar-refractivity contribution in [2.75, 3.05) is 18.1 Å². The zero-order valence-electron chi connectivity index (χ0n) is 11.7. The molecule has 3 rings (SSSR count). The summed E-state index contributed by atoms with van der Waals surface area (Å²) in [5.74, 6) is -0.558. The average molecular weight is 306 g/mol. The standard InChI is InChI=1S/C15H16ClN3O2/c1-3-8-18-9-12-13(20)19(17-15(12,2)14(18)21)11-6-4-10(16)5-7-11/h3-7,12,17H,1,8-9H2,2H3. The molecule has 0 spiro atoms. The molecule has 2 fully saturated rings. The maximum absolute atomic E-state index is 12.6. The van der Waals surface area contributed by atoms with Crippen LogP contribution < -0.4 is 10.4 Å². The third-order valence-corrected chi connectivity index (χ3v) is 4.38. The number of hydrazine groups is 1. The molecule has 1 aromatic carbocycles. The normalized spacial score (nSPS) is 28.2. The summed E-state index contributed by atoms with van der Waals surface area (Å²) in [6.45, 7) is 6.29. The quantitative estimate of drug-likeness (QED) is 0.863. The average Bonchev–Trinajstić information content (AvgIpc) is 2.85. The van der Waals surface area contributed by atoms with Crippen LogP contribution in [0.25, 0.3) is 0 Å². The number of rotatable bonds is 3. The van der Waals surface area contributed by atoms with Gasteiger partial charge >= 0.3 is 0 Å². The predicted octanol–water partition coefficient (Wildman–Crippen LogP) is 1.59. The van der Waals surface area contributed by atoms with Crippen molar-refractivity contribution in [3.63, 3.8) is 0 Å². The van der Waals surface area contributed by atoms with Gasteiger partial charge in [0, 0.05) is 18.1 Å². The Morgan fingerprint density at radius 3 is 2.67 bits per heavy atom. The molecule has 6 heteroatoms. The first-order valence-electron chi connectivity index (χ1n) is 6.75. The molecule has 2 atom stereocenters. The second kappa shape index (κ2) is 4.86. The highest BCUT2D eigenvalue weighted by molar-refractivity contribution is 6.30. The third-order valence-electron chi connectivity index (χ3n) is 4.13. The Bertz CT molecular complexity index is 616. The van der Waals surface area contributed by atoms with Crippen LogP contribution in [0.2, 0.25) is 5.02 Å². The van der Waals surface area contributed by atoms with Crippen molar-refractivity contribution in [3.8, 4) is 0 Å². The van der Waals surface area contributed by atoms with Crippen molar-refractivity contribution in [1.82, 2.24) is 10.3 Å². The van der Waals surface area contributed by atoms with Gasteiger partial charge in [-0.1, -0.05) is 17.7 Å². The highest BCUT2D eigenvalue weighted by Crippen LogP contribution is 2.37. The van der Waals surface area contributed by atoms with Gasteiger partial charge in [0.05, 0.1) is 11.6 Å². The van der Waals surface area contributed by atoms with E-state index in [1.807, 2.05) is 0 Å². The summed E-state index contributed by atoms with van der Waals surface area (Å²) in [4.78, 5) is 26.7. The van der Waals surface area contributed by atoms with Crippen LogP contribution in [0, 0.1) is 5.92 Å². The second-order valence-electron chi connectivity index (χ2n) is 5.52. The Balaban J connectivity index is 1.89. The molecule has 0 bridgehead atoms. The van der Waals surface area contributed by atoms with E-state index in [0.29, 0.717) is 23.8 Å². The molecule has 2 unspecified atom stereocenters. The van der Waals surface area contributed by atoms with Gasteiger partial charge in [0.15, 0.2) is 0 Å². The van der Waals surface area contributed by atoms with Crippen molar-refractivity contribution < 1.29 is 9.59 Å². The summed E-state index contributed by atoms with van der Waals surface area (Å²) >= 11 is 5.86. The van der Waals surface area contributed by atoms with E-state index in [2.05, 4.69) is 12.0 Å². The maximum Gasteiger partial charge on any atom is 0.248 e. The topological polar surface area (TPSA) is 52.7 Å². The molecule has 2 heterocycles. The van der Waals surface area contributed by atoms with Crippen LogP contribution in [0.1, 0.15) is 6.92 Å². The zero-order valence-corrected chi connectivity index (χ0v) is 12.4. The second-order valence-corrected chi connectivity index (χ2v) is 5.95. The zero-order chi connectivity index (χ0) is 15.2. The van der Waals surface area contributed by atoms with E-state index in [1.54, 1.807) is 42.2 Å². The molecule has 0 radical (unpaired) electrons. The fraction of sp³-hybridized carbons (Fsp3) is 0.333. The van der Waals surface area contributed by atoms with E-state index in [-0.39, 0.29) is 17.7 Å². The summed E-state index contributed by atoms with van der Waals surface area (Å²) < 4.78 is 0. The lowest BCUT2D eigenvalue weighted by Gasteiger charge is -2.25. The minimum atomic E-state index is -0.889. The lowest BCUT2D eigenvalue weighted by molar-refractivity contribution is -0.132. The van der Waals surface area contributed by atoms with Gasteiger partial charge in [-0.15, -0.1) is 6.58 Å². The predicted molar refractivity (Wildman–Crippen MR) is 80.7 cm³/mol. The number of nitrogens with zero attached hydrogens (tertiary/aromatic N) is 2. The molecule has 0 saturated carbocycles. The first-order chi connectivity index (χ1) is 9.97. The molecular formula is C15H16ClN3O2. The number of nitrogens with one attached hydrogen (secondary N) is 1. The van der Waals surface area contributed by atoms with Crippen LogP contribution in [-0.2, 0) is 9.59 Å². The number of hydrogen-bond acceptors (Lipinski definition) is 3. The number of amides is 2. The molecular weight excluding hydrogens is 290 g/mol. The lowest BCUT2D eigenvalue weighted by atomic mass is 9.91. The van der Waals surface area contributed by atoms with Crippen molar-refractivity contribution in [2.45, 2.75) is 12.5 Å². The van der Waals surface area contributed by atoms with Crippen LogP contribution in [0.3, 0.4) is 0 Å². The lowest BCUT2D eigenvalue weighted by Crippen LogP contribution is -2.52. The first kappa shape index (κ1) is 14.1. The van der Waals surface area contributed by atoms with Gasteiger partial charge in [-0.2, -0.15) is 0 Å². The summed E-state index contributed by atoms with van der Waals surface area (Å²) in [6, 6.07) is 6.94. The number of anilines is 1. The smallest absolute Gasteiger partial charge is 0.248 e. The highest BCUT2D eigenvalue weighted by atomic mass is 35.5.